The number of piperidine rings is 1. The van der Waals surface area contributed by atoms with Gasteiger partial charge in [0.05, 0.1) is 6.61 Å². The van der Waals surface area contributed by atoms with Gasteiger partial charge in [0.25, 0.3) is 0 Å². The van der Waals surface area contributed by atoms with Gasteiger partial charge in [0, 0.05) is 17.7 Å². The van der Waals surface area contributed by atoms with Gasteiger partial charge in [-0.25, -0.2) is 4.39 Å². The van der Waals surface area contributed by atoms with E-state index >= 15 is 0 Å². The molecule has 1 amide bonds. The number of ether oxygens (including phenoxy) is 1. The zero-order valence-electron chi connectivity index (χ0n) is 12.2. The molecule has 1 aromatic carbocycles. The van der Waals surface area contributed by atoms with Crippen molar-refractivity contribution in [1.82, 2.24) is 5.32 Å². The van der Waals surface area contributed by atoms with Crippen molar-refractivity contribution in [1.29, 1.82) is 0 Å². The van der Waals surface area contributed by atoms with Crippen LogP contribution in [0.15, 0.2) is 18.2 Å². The van der Waals surface area contributed by atoms with E-state index in [0.717, 1.165) is 32.4 Å². The molecule has 1 spiro atoms. The molecule has 1 saturated carbocycles. The van der Waals surface area contributed by atoms with Crippen molar-refractivity contribution in [3.63, 3.8) is 0 Å². The Balaban J connectivity index is 1.62. The number of amides is 1. The average molecular weight is 292 g/mol. The first-order valence-corrected chi connectivity index (χ1v) is 7.58. The van der Waals surface area contributed by atoms with Crippen molar-refractivity contribution in [3.8, 4) is 5.75 Å². The van der Waals surface area contributed by atoms with E-state index in [1.807, 2.05) is 0 Å². The van der Waals surface area contributed by atoms with E-state index in [1.165, 1.54) is 6.07 Å². The standard InChI is InChI=1S/C16H21FN2O2/c1-2-21-14-4-3-11(9-13(14)17)19-15(20)12-10-16(12)5-7-18-8-6-16/h3-4,9,12,18H,2,5-8,10H2,1H3,(H,19,20). The van der Waals surface area contributed by atoms with Crippen LogP contribution in [0.2, 0.25) is 0 Å². The summed E-state index contributed by atoms with van der Waals surface area (Å²) in [5.41, 5.74) is 0.691. The summed E-state index contributed by atoms with van der Waals surface area (Å²) >= 11 is 0. The van der Waals surface area contributed by atoms with Crippen molar-refractivity contribution in [2.24, 2.45) is 11.3 Å². The first-order valence-electron chi connectivity index (χ1n) is 7.58. The quantitative estimate of drug-likeness (QED) is 0.896. The fourth-order valence-electron chi connectivity index (χ4n) is 3.28. The normalized spacial score (nSPS) is 22.9. The molecule has 1 saturated heterocycles. The van der Waals surface area contributed by atoms with Gasteiger partial charge in [-0.3, -0.25) is 4.79 Å². The van der Waals surface area contributed by atoms with Gasteiger partial charge in [-0.1, -0.05) is 0 Å². The van der Waals surface area contributed by atoms with Gasteiger partial charge in [0.1, 0.15) is 0 Å². The highest BCUT2D eigenvalue weighted by Gasteiger charge is 2.57. The van der Waals surface area contributed by atoms with Gasteiger partial charge in [-0.05, 0) is 56.8 Å². The zero-order chi connectivity index (χ0) is 14.9. The molecule has 1 unspecified atom stereocenters. The van der Waals surface area contributed by atoms with E-state index in [4.69, 9.17) is 4.74 Å². The molecule has 1 aliphatic carbocycles. The van der Waals surface area contributed by atoms with Crippen molar-refractivity contribution in [2.75, 3.05) is 25.0 Å². The minimum Gasteiger partial charge on any atom is -0.491 e. The van der Waals surface area contributed by atoms with Gasteiger partial charge < -0.3 is 15.4 Å². The summed E-state index contributed by atoms with van der Waals surface area (Å²) in [6.07, 6.45) is 3.07. The van der Waals surface area contributed by atoms with Crippen LogP contribution >= 0.6 is 0 Å². The number of carbonyl (C=O) groups excluding carboxylic acids is 1. The molecule has 1 aliphatic heterocycles. The number of hydrogen-bond donors (Lipinski definition) is 2. The molecule has 21 heavy (non-hydrogen) atoms. The third kappa shape index (κ3) is 2.88. The van der Waals surface area contributed by atoms with Crippen molar-refractivity contribution < 1.29 is 13.9 Å². The summed E-state index contributed by atoms with van der Waals surface area (Å²) in [7, 11) is 0. The molecule has 0 radical (unpaired) electrons. The predicted molar refractivity (Wildman–Crippen MR) is 78.8 cm³/mol. The maximum Gasteiger partial charge on any atom is 0.228 e. The molecule has 5 heteroatoms. The van der Waals surface area contributed by atoms with Gasteiger partial charge in [0.15, 0.2) is 11.6 Å². The lowest BCUT2D eigenvalue weighted by molar-refractivity contribution is -0.118. The highest BCUT2D eigenvalue weighted by atomic mass is 19.1. The number of nitrogens with one attached hydrogen (secondary N) is 2. The number of anilines is 1. The summed E-state index contributed by atoms with van der Waals surface area (Å²) in [4.78, 5) is 12.3. The Morgan fingerprint density at radius 3 is 2.90 bits per heavy atom. The molecule has 114 valence electrons. The molecule has 1 atom stereocenters. The van der Waals surface area contributed by atoms with Gasteiger partial charge >= 0.3 is 0 Å². The Bertz CT molecular complexity index is 541. The highest BCUT2D eigenvalue weighted by Crippen LogP contribution is 2.58. The average Bonchev–Trinajstić information content (AvgIpc) is 3.16. The number of benzene rings is 1. The Kier molecular flexibility index (Phi) is 3.85. The van der Waals surface area contributed by atoms with E-state index in [-0.39, 0.29) is 23.0 Å². The third-order valence-corrected chi connectivity index (χ3v) is 4.60. The van der Waals surface area contributed by atoms with Crippen LogP contribution < -0.4 is 15.4 Å². The lowest BCUT2D eigenvalue weighted by atomic mass is 9.92. The minimum absolute atomic E-state index is 0.0143. The van der Waals surface area contributed by atoms with E-state index in [9.17, 15) is 9.18 Å². The smallest absolute Gasteiger partial charge is 0.228 e. The zero-order valence-corrected chi connectivity index (χ0v) is 12.2. The summed E-state index contributed by atoms with van der Waals surface area (Å²) < 4.78 is 18.9. The highest BCUT2D eigenvalue weighted by molar-refractivity contribution is 5.95. The Morgan fingerprint density at radius 1 is 1.48 bits per heavy atom. The topological polar surface area (TPSA) is 50.4 Å². The molecule has 4 nitrogen and oxygen atoms in total. The van der Waals surface area contributed by atoms with Crippen molar-refractivity contribution in [2.45, 2.75) is 26.2 Å². The molecular formula is C16H21FN2O2. The van der Waals surface area contributed by atoms with Crippen LogP contribution in [0.5, 0.6) is 5.75 Å². The number of hydrogen-bond acceptors (Lipinski definition) is 3. The van der Waals surface area contributed by atoms with Crippen LogP contribution in [0.1, 0.15) is 26.2 Å². The molecule has 2 fully saturated rings. The van der Waals surface area contributed by atoms with Crippen LogP contribution in [0.25, 0.3) is 0 Å². The fraction of sp³-hybridized carbons (Fsp3) is 0.562. The third-order valence-electron chi connectivity index (χ3n) is 4.60. The number of carbonyl (C=O) groups is 1. The predicted octanol–water partition coefficient (Wildman–Crippen LogP) is 2.55. The molecule has 0 aromatic heterocycles. The van der Waals surface area contributed by atoms with Crippen LogP contribution in [0.4, 0.5) is 10.1 Å². The molecule has 3 rings (SSSR count). The van der Waals surface area contributed by atoms with E-state index in [1.54, 1.807) is 19.1 Å². The van der Waals surface area contributed by atoms with Gasteiger partial charge in [-0.15, -0.1) is 0 Å². The first kappa shape index (κ1) is 14.3. The summed E-state index contributed by atoms with van der Waals surface area (Å²) in [5, 5.41) is 6.15. The molecule has 2 aliphatic rings. The van der Waals surface area contributed by atoms with Crippen LogP contribution in [0, 0.1) is 17.2 Å². The Labute approximate surface area is 124 Å². The second-order valence-electron chi connectivity index (χ2n) is 5.94. The van der Waals surface area contributed by atoms with E-state index in [0.29, 0.717) is 12.3 Å². The Morgan fingerprint density at radius 2 is 2.24 bits per heavy atom. The lowest BCUT2D eigenvalue weighted by Gasteiger charge is -2.23. The summed E-state index contributed by atoms with van der Waals surface area (Å²) in [5.74, 6) is -0.131. The molecule has 1 heterocycles. The lowest BCUT2D eigenvalue weighted by Crippen LogP contribution is -2.31. The summed E-state index contributed by atoms with van der Waals surface area (Å²) in [6.45, 7) is 4.20. The number of rotatable bonds is 4. The molecule has 0 bridgehead atoms. The largest absolute Gasteiger partial charge is 0.491 e. The molecule has 2 N–H and O–H groups in total. The van der Waals surface area contributed by atoms with Crippen LogP contribution in [-0.2, 0) is 4.79 Å². The van der Waals surface area contributed by atoms with Crippen molar-refractivity contribution in [3.05, 3.63) is 24.0 Å². The molecule has 1 aromatic rings. The Hall–Kier alpha value is -1.62. The second kappa shape index (κ2) is 5.64. The van der Waals surface area contributed by atoms with Crippen LogP contribution in [0.3, 0.4) is 0 Å². The maximum atomic E-state index is 13.8. The van der Waals surface area contributed by atoms with E-state index < -0.39 is 5.82 Å². The van der Waals surface area contributed by atoms with Crippen LogP contribution in [-0.4, -0.2) is 25.6 Å². The SMILES string of the molecule is CCOc1ccc(NC(=O)C2CC23CCNCC3)cc1F. The van der Waals surface area contributed by atoms with E-state index in [2.05, 4.69) is 10.6 Å². The second-order valence-corrected chi connectivity index (χ2v) is 5.94. The molecular weight excluding hydrogens is 271 g/mol. The number of halogens is 1. The summed E-state index contributed by atoms with van der Waals surface area (Å²) in [6, 6.07) is 4.56. The monoisotopic (exact) mass is 292 g/mol. The van der Waals surface area contributed by atoms with Crippen molar-refractivity contribution >= 4 is 11.6 Å². The maximum absolute atomic E-state index is 13.8. The first-order chi connectivity index (χ1) is 10.1. The minimum atomic E-state index is -0.443. The van der Waals surface area contributed by atoms with Gasteiger partial charge in [0.2, 0.25) is 5.91 Å². The fourth-order valence-corrected chi connectivity index (χ4v) is 3.28. The van der Waals surface area contributed by atoms with Gasteiger partial charge in [-0.2, -0.15) is 0 Å².